The summed E-state index contributed by atoms with van der Waals surface area (Å²) in [5.41, 5.74) is 2.91. The van der Waals surface area contributed by atoms with Crippen LogP contribution in [0.15, 0.2) is 53.4 Å². The van der Waals surface area contributed by atoms with Gasteiger partial charge in [0, 0.05) is 36.7 Å². The molecule has 162 valence electrons. The number of thioether (sulfide) groups is 1. The molecular weight excluding hydrogens is 416 g/mol. The van der Waals surface area contributed by atoms with Gasteiger partial charge < -0.3 is 5.32 Å². The molecule has 1 fully saturated rings. The lowest BCUT2D eigenvalue weighted by Crippen LogP contribution is -2.32. The summed E-state index contributed by atoms with van der Waals surface area (Å²) in [4.78, 5) is 12.7. The lowest BCUT2D eigenvalue weighted by molar-refractivity contribution is 0.0956. The van der Waals surface area contributed by atoms with Crippen LogP contribution in [0.5, 0.6) is 0 Å². The van der Waals surface area contributed by atoms with E-state index in [1.165, 1.54) is 17.2 Å². The number of hydrogen-bond acceptors (Lipinski definition) is 4. The first-order valence-corrected chi connectivity index (χ1v) is 13.1. The van der Waals surface area contributed by atoms with Crippen LogP contribution >= 0.6 is 11.8 Å². The largest absolute Gasteiger partial charge is 0.351 e. The van der Waals surface area contributed by atoms with Crippen molar-refractivity contribution < 1.29 is 13.2 Å². The van der Waals surface area contributed by atoms with Crippen LogP contribution in [0.3, 0.4) is 0 Å². The van der Waals surface area contributed by atoms with Crippen molar-refractivity contribution in [3.05, 3.63) is 65.2 Å². The molecule has 0 spiro atoms. The van der Waals surface area contributed by atoms with Crippen molar-refractivity contribution in [3.63, 3.8) is 0 Å². The molecule has 7 heteroatoms. The molecule has 0 atom stereocenters. The maximum Gasteiger partial charge on any atom is 0.251 e. The number of carbonyl (C=O) groups is 1. The minimum Gasteiger partial charge on any atom is -0.351 e. The first-order chi connectivity index (χ1) is 14.5. The van der Waals surface area contributed by atoms with Crippen molar-refractivity contribution in [3.8, 4) is 0 Å². The topological polar surface area (TPSA) is 66.5 Å². The first-order valence-electron chi connectivity index (χ1n) is 10.5. The molecule has 30 heavy (non-hydrogen) atoms. The number of benzene rings is 2. The zero-order valence-electron chi connectivity index (χ0n) is 17.5. The van der Waals surface area contributed by atoms with Crippen molar-refractivity contribution in [2.75, 3.05) is 25.4 Å². The number of aryl methyl sites for hydroxylation is 1. The Kier molecular flexibility index (Phi) is 8.36. The van der Waals surface area contributed by atoms with E-state index in [4.69, 9.17) is 0 Å². The quantitative estimate of drug-likeness (QED) is 0.617. The fraction of sp³-hybridized carbons (Fsp3) is 0.435. The predicted octanol–water partition coefficient (Wildman–Crippen LogP) is 4.22. The molecule has 1 N–H and O–H groups in total. The second-order valence-corrected chi connectivity index (χ2v) is 10.7. The van der Waals surface area contributed by atoms with Gasteiger partial charge >= 0.3 is 0 Å². The SMILES string of the molecule is Cc1cccc(CSCCNC(=O)c2cccc(S(=O)(=O)N3CCCCCC3)c2)c1. The first kappa shape index (κ1) is 22.8. The average molecular weight is 447 g/mol. The van der Waals surface area contributed by atoms with Gasteiger partial charge in [-0.3, -0.25) is 4.79 Å². The lowest BCUT2D eigenvalue weighted by Gasteiger charge is -2.20. The van der Waals surface area contributed by atoms with Gasteiger partial charge in [-0.1, -0.05) is 48.7 Å². The third kappa shape index (κ3) is 6.33. The standard InChI is InChI=1S/C23H30N2O3S2/c1-19-8-6-9-20(16-19)18-29-15-12-24-23(26)21-10-7-11-22(17-21)30(27,28)25-13-4-2-3-5-14-25/h6-11,16-17H,2-5,12-15,18H2,1H3,(H,24,26). The van der Waals surface area contributed by atoms with Crippen LogP contribution in [0.25, 0.3) is 0 Å². The third-order valence-electron chi connectivity index (χ3n) is 5.18. The molecule has 2 aromatic carbocycles. The van der Waals surface area contributed by atoms with E-state index in [-0.39, 0.29) is 10.8 Å². The molecule has 2 aromatic rings. The fourth-order valence-corrected chi connectivity index (χ4v) is 5.93. The fourth-order valence-electron chi connectivity index (χ4n) is 3.56. The van der Waals surface area contributed by atoms with E-state index >= 15 is 0 Å². The highest BCUT2D eigenvalue weighted by molar-refractivity contribution is 7.98. The maximum absolute atomic E-state index is 13.0. The van der Waals surface area contributed by atoms with Crippen LogP contribution in [-0.4, -0.2) is 44.0 Å². The molecular formula is C23H30N2O3S2. The second kappa shape index (κ2) is 11.0. The van der Waals surface area contributed by atoms with E-state index < -0.39 is 10.0 Å². The Hall–Kier alpha value is -1.83. The Bertz CT molecular complexity index is 952. The van der Waals surface area contributed by atoms with Crippen molar-refractivity contribution in [2.24, 2.45) is 0 Å². The summed E-state index contributed by atoms with van der Waals surface area (Å²) in [6, 6.07) is 14.8. The number of sulfonamides is 1. The second-order valence-electron chi connectivity index (χ2n) is 7.64. The van der Waals surface area contributed by atoms with Gasteiger partial charge in [0.05, 0.1) is 4.90 Å². The summed E-state index contributed by atoms with van der Waals surface area (Å²) >= 11 is 1.76. The minimum absolute atomic E-state index is 0.200. The van der Waals surface area contributed by atoms with Gasteiger partial charge in [-0.2, -0.15) is 16.1 Å². The lowest BCUT2D eigenvalue weighted by atomic mass is 10.2. The van der Waals surface area contributed by atoms with Gasteiger partial charge in [0.15, 0.2) is 0 Å². The molecule has 0 radical (unpaired) electrons. The summed E-state index contributed by atoms with van der Waals surface area (Å²) < 4.78 is 27.5. The Morgan fingerprint density at radius 2 is 1.77 bits per heavy atom. The third-order valence-corrected chi connectivity index (χ3v) is 8.11. The Morgan fingerprint density at radius 3 is 2.50 bits per heavy atom. The molecule has 0 aliphatic carbocycles. The molecule has 0 unspecified atom stereocenters. The Balaban J connectivity index is 1.52. The molecule has 1 saturated heterocycles. The molecule has 1 aliphatic heterocycles. The minimum atomic E-state index is -3.56. The van der Waals surface area contributed by atoms with E-state index in [0.29, 0.717) is 25.2 Å². The number of rotatable bonds is 8. The number of amides is 1. The van der Waals surface area contributed by atoms with E-state index in [1.807, 2.05) is 0 Å². The Morgan fingerprint density at radius 1 is 1.03 bits per heavy atom. The van der Waals surface area contributed by atoms with Crippen molar-refractivity contribution in [1.29, 1.82) is 0 Å². The zero-order chi connectivity index (χ0) is 21.4. The van der Waals surface area contributed by atoms with Gasteiger partial charge in [-0.05, 0) is 43.5 Å². The van der Waals surface area contributed by atoms with Crippen molar-refractivity contribution >= 4 is 27.7 Å². The molecule has 0 saturated carbocycles. The van der Waals surface area contributed by atoms with Crippen LogP contribution in [0.4, 0.5) is 0 Å². The van der Waals surface area contributed by atoms with E-state index in [2.05, 4.69) is 36.5 Å². The highest BCUT2D eigenvalue weighted by atomic mass is 32.2. The molecule has 0 aromatic heterocycles. The molecule has 3 rings (SSSR count). The Labute approximate surface area is 184 Å². The number of carbonyl (C=O) groups excluding carboxylic acids is 1. The molecule has 1 heterocycles. The average Bonchev–Trinajstić information content (AvgIpc) is 3.04. The normalized spacial score (nSPS) is 15.5. The van der Waals surface area contributed by atoms with Gasteiger partial charge in [-0.15, -0.1) is 0 Å². The van der Waals surface area contributed by atoms with E-state index in [1.54, 1.807) is 34.3 Å². The van der Waals surface area contributed by atoms with E-state index in [9.17, 15) is 13.2 Å². The highest BCUT2D eigenvalue weighted by Crippen LogP contribution is 2.21. The summed E-state index contributed by atoms with van der Waals surface area (Å²) in [5, 5.41) is 2.90. The smallest absolute Gasteiger partial charge is 0.251 e. The van der Waals surface area contributed by atoms with Crippen molar-refractivity contribution in [2.45, 2.75) is 43.3 Å². The summed E-state index contributed by atoms with van der Waals surface area (Å²) in [5.74, 6) is 1.46. The van der Waals surface area contributed by atoms with Crippen LogP contribution in [-0.2, 0) is 15.8 Å². The monoisotopic (exact) mass is 446 g/mol. The zero-order valence-corrected chi connectivity index (χ0v) is 19.1. The molecule has 1 amide bonds. The van der Waals surface area contributed by atoms with Crippen LogP contribution in [0.2, 0.25) is 0 Å². The molecule has 5 nitrogen and oxygen atoms in total. The van der Waals surface area contributed by atoms with Gasteiger partial charge in [-0.25, -0.2) is 8.42 Å². The van der Waals surface area contributed by atoms with Gasteiger partial charge in [0.25, 0.3) is 5.91 Å². The maximum atomic E-state index is 13.0. The number of nitrogens with zero attached hydrogens (tertiary/aromatic N) is 1. The van der Waals surface area contributed by atoms with Gasteiger partial charge in [0.2, 0.25) is 10.0 Å². The predicted molar refractivity (Wildman–Crippen MR) is 123 cm³/mol. The van der Waals surface area contributed by atoms with E-state index in [0.717, 1.165) is 37.2 Å². The summed E-state index contributed by atoms with van der Waals surface area (Å²) in [7, 11) is -3.56. The highest BCUT2D eigenvalue weighted by Gasteiger charge is 2.25. The summed E-state index contributed by atoms with van der Waals surface area (Å²) in [6.45, 7) is 3.72. The van der Waals surface area contributed by atoms with Gasteiger partial charge in [0.1, 0.15) is 0 Å². The molecule has 0 bridgehead atoms. The molecule has 1 aliphatic rings. The van der Waals surface area contributed by atoms with Crippen LogP contribution < -0.4 is 5.32 Å². The van der Waals surface area contributed by atoms with Crippen LogP contribution in [0.1, 0.15) is 47.2 Å². The van der Waals surface area contributed by atoms with Crippen LogP contribution in [0, 0.1) is 6.92 Å². The van der Waals surface area contributed by atoms with Crippen molar-refractivity contribution in [1.82, 2.24) is 9.62 Å². The number of nitrogens with one attached hydrogen (secondary N) is 1. The number of hydrogen-bond donors (Lipinski definition) is 1. The summed E-state index contributed by atoms with van der Waals surface area (Å²) in [6.07, 6.45) is 3.91.